The predicted octanol–water partition coefficient (Wildman–Crippen LogP) is 0.856. The van der Waals surface area contributed by atoms with Crippen LogP contribution in [0.25, 0.3) is 0 Å². The van der Waals surface area contributed by atoms with Crippen molar-refractivity contribution in [1.29, 1.82) is 0 Å². The molecule has 2 heterocycles. The first kappa shape index (κ1) is 20.1. The molecule has 3 rings (SSSR count). The molecule has 9 heteroatoms. The van der Waals surface area contributed by atoms with Crippen molar-refractivity contribution >= 4 is 21.8 Å². The van der Waals surface area contributed by atoms with Crippen molar-refractivity contribution in [2.75, 3.05) is 19.6 Å². The fraction of sp³-hybridized carbons (Fsp3) is 0.368. The lowest BCUT2D eigenvalue weighted by Gasteiger charge is -2.13. The van der Waals surface area contributed by atoms with Crippen LogP contribution in [0.4, 0.5) is 0 Å². The van der Waals surface area contributed by atoms with E-state index in [1.165, 1.54) is 21.1 Å². The number of aryl methyl sites for hydroxylation is 1. The van der Waals surface area contributed by atoms with Crippen LogP contribution in [0.15, 0.2) is 47.5 Å². The summed E-state index contributed by atoms with van der Waals surface area (Å²) in [6, 6.07) is 10.8. The Morgan fingerprint density at radius 1 is 1.07 bits per heavy atom. The summed E-state index contributed by atoms with van der Waals surface area (Å²) >= 11 is 0. The first-order valence-electron chi connectivity index (χ1n) is 9.13. The number of carbonyl (C=O) groups is 2. The number of rotatable bonds is 7. The Morgan fingerprint density at radius 2 is 1.75 bits per heavy atom. The molecule has 0 radical (unpaired) electrons. The van der Waals surface area contributed by atoms with Crippen LogP contribution in [0, 0.1) is 0 Å². The first-order chi connectivity index (χ1) is 13.4. The third-order valence-corrected chi connectivity index (χ3v) is 6.52. The van der Waals surface area contributed by atoms with Crippen LogP contribution in [0.1, 0.15) is 28.9 Å². The number of carbonyl (C=O) groups excluding carboxylic acids is 2. The molecule has 8 nitrogen and oxygen atoms in total. The zero-order valence-corrected chi connectivity index (χ0v) is 16.5. The average molecular weight is 404 g/mol. The number of hydrogen-bond donors (Lipinski definition) is 2. The van der Waals surface area contributed by atoms with Crippen molar-refractivity contribution in [2.45, 2.75) is 24.3 Å². The lowest BCUT2D eigenvalue weighted by molar-refractivity contribution is -0.120. The molecular formula is C19H24N4O4S. The molecule has 1 fully saturated rings. The Kier molecular flexibility index (Phi) is 6.15. The van der Waals surface area contributed by atoms with Gasteiger partial charge in [-0.15, -0.1) is 0 Å². The number of aromatic nitrogens is 1. The van der Waals surface area contributed by atoms with Crippen molar-refractivity contribution in [1.82, 2.24) is 19.5 Å². The third kappa shape index (κ3) is 4.60. The monoisotopic (exact) mass is 404 g/mol. The molecule has 0 bridgehead atoms. The maximum Gasteiger partial charge on any atom is 0.268 e. The van der Waals surface area contributed by atoms with E-state index >= 15 is 0 Å². The normalized spacial score (nSPS) is 14.8. The zero-order chi connectivity index (χ0) is 20.1. The molecule has 0 saturated carbocycles. The molecule has 2 aromatic rings. The lowest BCUT2D eigenvalue weighted by Crippen LogP contribution is -2.37. The van der Waals surface area contributed by atoms with Gasteiger partial charge in [0.1, 0.15) is 10.6 Å². The Hall–Kier alpha value is -2.65. The maximum atomic E-state index is 12.6. The number of hydrogen-bond acceptors (Lipinski definition) is 4. The van der Waals surface area contributed by atoms with Gasteiger partial charge < -0.3 is 15.2 Å². The second kappa shape index (κ2) is 8.57. The molecule has 28 heavy (non-hydrogen) atoms. The zero-order valence-electron chi connectivity index (χ0n) is 15.7. The Balaban J connectivity index is 1.57. The van der Waals surface area contributed by atoms with E-state index in [0.29, 0.717) is 19.6 Å². The van der Waals surface area contributed by atoms with Crippen LogP contribution in [0.5, 0.6) is 0 Å². The molecule has 0 atom stereocenters. The highest BCUT2D eigenvalue weighted by atomic mass is 32.2. The summed E-state index contributed by atoms with van der Waals surface area (Å²) in [6.45, 7) is 1.18. The molecule has 1 saturated heterocycles. The Bertz CT molecular complexity index is 948. The van der Waals surface area contributed by atoms with Gasteiger partial charge in [-0.25, -0.2) is 8.42 Å². The summed E-state index contributed by atoms with van der Waals surface area (Å²) in [5, 5.41) is 5.25. The van der Waals surface area contributed by atoms with E-state index in [9.17, 15) is 18.0 Å². The van der Waals surface area contributed by atoms with E-state index in [1.807, 2.05) is 30.3 Å². The Morgan fingerprint density at radius 3 is 2.43 bits per heavy atom. The van der Waals surface area contributed by atoms with Gasteiger partial charge in [0.25, 0.3) is 5.91 Å². The number of nitrogens with zero attached hydrogens (tertiary/aromatic N) is 2. The van der Waals surface area contributed by atoms with Gasteiger partial charge in [-0.1, -0.05) is 30.3 Å². The molecular weight excluding hydrogens is 380 g/mol. The fourth-order valence-electron chi connectivity index (χ4n) is 3.09. The predicted molar refractivity (Wildman–Crippen MR) is 104 cm³/mol. The van der Waals surface area contributed by atoms with Gasteiger partial charge in [0.2, 0.25) is 15.9 Å². The van der Waals surface area contributed by atoms with Crippen LogP contribution in [0.3, 0.4) is 0 Å². The molecule has 2 amide bonds. The molecule has 2 N–H and O–H groups in total. The third-order valence-electron chi connectivity index (χ3n) is 4.66. The van der Waals surface area contributed by atoms with Crippen molar-refractivity contribution < 1.29 is 18.0 Å². The highest BCUT2D eigenvalue weighted by molar-refractivity contribution is 7.89. The van der Waals surface area contributed by atoms with Gasteiger partial charge in [-0.3, -0.25) is 9.59 Å². The highest BCUT2D eigenvalue weighted by Gasteiger charge is 2.29. The molecule has 1 aromatic carbocycles. The standard InChI is InChI=1S/C19H24N4O4S/c1-22-14-16(28(26,27)23-9-5-6-10-23)11-17(22)19(25)21-13-18(24)20-12-15-7-3-2-4-8-15/h2-4,7-8,11,14H,5-6,9-10,12-13H2,1H3,(H,20,24)(H,21,25). The van der Waals surface area contributed by atoms with Crippen molar-refractivity contribution in [3.63, 3.8) is 0 Å². The van der Waals surface area contributed by atoms with Gasteiger partial charge in [0.05, 0.1) is 6.54 Å². The molecule has 0 spiro atoms. The van der Waals surface area contributed by atoms with E-state index in [0.717, 1.165) is 18.4 Å². The van der Waals surface area contributed by atoms with Gasteiger partial charge in [0, 0.05) is 32.9 Å². The van der Waals surface area contributed by atoms with Gasteiger partial charge >= 0.3 is 0 Å². The van der Waals surface area contributed by atoms with E-state index in [2.05, 4.69) is 10.6 Å². The minimum Gasteiger partial charge on any atom is -0.350 e. The van der Waals surface area contributed by atoms with E-state index < -0.39 is 15.9 Å². The first-order valence-corrected chi connectivity index (χ1v) is 10.6. The van der Waals surface area contributed by atoms with Crippen molar-refractivity contribution in [3.05, 3.63) is 53.9 Å². The summed E-state index contributed by atoms with van der Waals surface area (Å²) < 4.78 is 28.1. The minimum atomic E-state index is -3.59. The summed E-state index contributed by atoms with van der Waals surface area (Å²) in [7, 11) is -1.99. The SMILES string of the molecule is Cn1cc(S(=O)(=O)N2CCCC2)cc1C(=O)NCC(=O)NCc1ccccc1. The molecule has 1 aliphatic heterocycles. The average Bonchev–Trinajstić information content (AvgIpc) is 3.36. The smallest absolute Gasteiger partial charge is 0.268 e. The molecule has 0 aliphatic carbocycles. The van der Waals surface area contributed by atoms with Crippen molar-refractivity contribution in [2.24, 2.45) is 7.05 Å². The molecule has 1 aromatic heterocycles. The number of sulfonamides is 1. The molecule has 0 unspecified atom stereocenters. The lowest BCUT2D eigenvalue weighted by atomic mass is 10.2. The van der Waals surface area contributed by atoms with Crippen LogP contribution in [-0.2, 0) is 28.4 Å². The second-order valence-corrected chi connectivity index (χ2v) is 8.67. The van der Waals surface area contributed by atoms with Crippen molar-refractivity contribution in [3.8, 4) is 0 Å². The van der Waals surface area contributed by atoms with Crippen LogP contribution in [-0.4, -0.2) is 48.7 Å². The minimum absolute atomic E-state index is 0.0931. The van der Waals surface area contributed by atoms with E-state index in [4.69, 9.17) is 0 Å². The Labute approximate surface area is 164 Å². The van der Waals surface area contributed by atoms with E-state index in [-0.39, 0.29) is 23.0 Å². The molecule has 150 valence electrons. The highest BCUT2D eigenvalue weighted by Crippen LogP contribution is 2.22. The second-order valence-electron chi connectivity index (χ2n) is 6.73. The van der Waals surface area contributed by atoms with Crippen LogP contribution in [0.2, 0.25) is 0 Å². The largest absolute Gasteiger partial charge is 0.350 e. The summed E-state index contributed by atoms with van der Waals surface area (Å²) in [4.78, 5) is 24.4. The van der Waals surface area contributed by atoms with E-state index in [1.54, 1.807) is 7.05 Å². The number of amides is 2. The summed E-state index contributed by atoms with van der Waals surface area (Å²) in [5.41, 5.74) is 1.15. The fourth-order valence-corrected chi connectivity index (χ4v) is 4.68. The number of benzene rings is 1. The number of nitrogens with one attached hydrogen (secondary N) is 2. The quantitative estimate of drug-likeness (QED) is 0.715. The van der Waals surface area contributed by atoms with Crippen LogP contribution < -0.4 is 10.6 Å². The summed E-state index contributed by atoms with van der Waals surface area (Å²) in [6.07, 6.45) is 3.12. The van der Waals surface area contributed by atoms with Gasteiger partial charge in [0.15, 0.2) is 0 Å². The van der Waals surface area contributed by atoms with Gasteiger partial charge in [-0.05, 0) is 24.5 Å². The van der Waals surface area contributed by atoms with Crippen LogP contribution >= 0.6 is 0 Å². The maximum absolute atomic E-state index is 12.6. The van der Waals surface area contributed by atoms with Gasteiger partial charge in [-0.2, -0.15) is 4.31 Å². The summed E-state index contributed by atoms with van der Waals surface area (Å²) in [5.74, 6) is -0.823. The molecule has 1 aliphatic rings. The topological polar surface area (TPSA) is 101 Å².